The largest absolute Gasteiger partial charge is 0.454 e. The SMILES string of the molecule is Cc1nc(-c2ccccc2)c(C(=O)O[C@@H](C)C(=O)Nc2ccc3c(c2)OCO3)s1. The molecule has 7 nitrogen and oxygen atoms in total. The molecular formula is C21H18N2O5S. The molecule has 8 heteroatoms. The van der Waals surface area contributed by atoms with Gasteiger partial charge in [-0.3, -0.25) is 4.79 Å². The zero-order chi connectivity index (χ0) is 20.4. The van der Waals surface area contributed by atoms with Crippen LogP contribution in [0.1, 0.15) is 21.6 Å². The molecule has 2 aromatic carbocycles. The van der Waals surface area contributed by atoms with Crippen LogP contribution in [0.25, 0.3) is 11.3 Å². The van der Waals surface area contributed by atoms with Gasteiger partial charge in [0.05, 0.1) is 10.7 Å². The van der Waals surface area contributed by atoms with Gasteiger partial charge >= 0.3 is 5.97 Å². The Bertz CT molecular complexity index is 1060. The fourth-order valence-corrected chi connectivity index (χ4v) is 3.67. The van der Waals surface area contributed by atoms with E-state index in [9.17, 15) is 9.59 Å². The molecule has 1 N–H and O–H groups in total. The molecule has 1 aliphatic rings. The molecule has 1 atom stereocenters. The van der Waals surface area contributed by atoms with Crippen molar-refractivity contribution in [2.45, 2.75) is 20.0 Å². The van der Waals surface area contributed by atoms with Crippen molar-refractivity contribution < 1.29 is 23.8 Å². The minimum atomic E-state index is -0.987. The fraction of sp³-hybridized carbons (Fsp3) is 0.190. The summed E-state index contributed by atoms with van der Waals surface area (Å²) in [6, 6.07) is 14.5. The smallest absolute Gasteiger partial charge is 0.351 e. The molecular weight excluding hydrogens is 392 g/mol. The lowest BCUT2D eigenvalue weighted by Gasteiger charge is -2.13. The van der Waals surface area contributed by atoms with Crippen LogP contribution in [0, 0.1) is 6.92 Å². The maximum atomic E-state index is 12.7. The standard InChI is InChI=1S/C21H18N2O5S/c1-12(20(24)23-15-8-9-16-17(10-15)27-11-26-16)28-21(25)19-18(22-13(2)29-19)14-6-4-3-5-7-14/h3-10,12H,11H2,1-2H3,(H,23,24)/t12-/m0/s1. The van der Waals surface area contributed by atoms with Gasteiger partial charge < -0.3 is 19.5 Å². The van der Waals surface area contributed by atoms with Crippen LogP contribution in [-0.2, 0) is 9.53 Å². The number of nitrogens with zero attached hydrogens (tertiary/aromatic N) is 1. The lowest BCUT2D eigenvalue weighted by molar-refractivity contribution is -0.123. The van der Waals surface area contributed by atoms with Crippen LogP contribution in [0.15, 0.2) is 48.5 Å². The number of nitrogens with one attached hydrogen (secondary N) is 1. The van der Waals surface area contributed by atoms with Gasteiger partial charge in [0.25, 0.3) is 5.91 Å². The highest BCUT2D eigenvalue weighted by Gasteiger charge is 2.25. The predicted octanol–water partition coefficient (Wildman–Crippen LogP) is 4.03. The third-order valence-corrected chi connectivity index (χ3v) is 5.21. The number of aromatic nitrogens is 1. The number of benzene rings is 2. The minimum absolute atomic E-state index is 0.152. The van der Waals surface area contributed by atoms with E-state index in [0.29, 0.717) is 27.8 Å². The van der Waals surface area contributed by atoms with E-state index >= 15 is 0 Å². The molecule has 0 spiro atoms. The maximum absolute atomic E-state index is 12.7. The molecule has 29 heavy (non-hydrogen) atoms. The zero-order valence-electron chi connectivity index (χ0n) is 15.8. The zero-order valence-corrected chi connectivity index (χ0v) is 16.6. The van der Waals surface area contributed by atoms with Crippen molar-refractivity contribution in [1.29, 1.82) is 0 Å². The molecule has 0 radical (unpaired) electrons. The fourth-order valence-electron chi connectivity index (χ4n) is 2.84. The van der Waals surface area contributed by atoms with Gasteiger partial charge in [0.15, 0.2) is 17.6 Å². The summed E-state index contributed by atoms with van der Waals surface area (Å²) in [5.74, 6) is 0.152. The molecule has 0 aliphatic carbocycles. The van der Waals surface area contributed by atoms with Gasteiger partial charge in [0, 0.05) is 17.3 Å². The summed E-state index contributed by atoms with van der Waals surface area (Å²) in [7, 11) is 0. The molecule has 4 rings (SSSR count). The number of ether oxygens (including phenoxy) is 3. The number of rotatable bonds is 5. The topological polar surface area (TPSA) is 86.8 Å². The van der Waals surface area contributed by atoms with Crippen LogP contribution < -0.4 is 14.8 Å². The average Bonchev–Trinajstić information content (AvgIpc) is 3.34. The van der Waals surface area contributed by atoms with Crippen molar-refractivity contribution in [2.75, 3.05) is 12.1 Å². The molecule has 0 unspecified atom stereocenters. The van der Waals surface area contributed by atoms with Gasteiger partial charge in [-0.1, -0.05) is 30.3 Å². The Morgan fingerprint density at radius 3 is 2.69 bits per heavy atom. The molecule has 3 aromatic rings. The quantitative estimate of drug-likeness (QED) is 0.639. The molecule has 1 aromatic heterocycles. The first kappa shape index (κ1) is 18.9. The van der Waals surface area contributed by atoms with E-state index in [1.165, 1.54) is 18.3 Å². The van der Waals surface area contributed by atoms with Gasteiger partial charge in [0.2, 0.25) is 6.79 Å². The van der Waals surface area contributed by atoms with E-state index in [1.54, 1.807) is 18.2 Å². The summed E-state index contributed by atoms with van der Waals surface area (Å²) < 4.78 is 15.9. The summed E-state index contributed by atoms with van der Waals surface area (Å²) >= 11 is 1.24. The monoisotopic (exact) mass is 410 g/mol. The molecule has 1 amide bonds. The van der Waals surface area contributed by atoms with Gasteiger partial charge in [-0.05, 0) is 26.0 Å². The second-order valence-corrected chi connectivity index (χ2v) is 7.58. The Balaban J connectivity index is 1.45. The highest BCUT2D eigenvalue weighted by atomic mass is 32.1. The number of hydrogen-bond acceptors (Lipinski definition) is 7. The normalized spacial score (nSPS) is 13.0. The summed E-state index contributed by atoms with van der Waals surface area (Å²) in [4.78, 5) is 30.0. The van der Waals surface area contributed by atoms with Crippen molar-refractivity contribution >= 4 is 28.9 Å². The number of thiazole rings is 1. The maximum Gasteiger partial charge on any atom is 0.351 e. The van der Waals surface area contributed by atoms with Crippen molar-refractivity contribution in [1.82, 2.24) is 4.98 Å². The molecule has 2 heterocycles. The molecule has 0 saturated carbocycles. The second-order valence-electron chi connectivity index (χ2n) is 6.38. The Kier molecular flexibility index (Phi) is 5.18. The molecule has 148 valence electrons. The number of fused-ring (bicyclic) bond motifs is 1. The summed E-state index contributed by atoms with van der Waals surface area (Å²) in [6.45, 7) is 3.50. The van der Waals surface area contributed by atoms with Crippen molar-refractivity contribution in [3.63, 3.8) is 0 Å². The van der Waals surface area contributed by atoms with Crippen LogP contribution in [0.3, 0.4) is 0 Å². The summed E-state index contributed by atoms with van der Waals surface area (Å²) in [5, 5.41) is 3.46. The van der Waals surface area contributed by atoms with Crippen molar-refractivity contribution in [3.05, 3.63) is 58.4 Å². The van der Waals surface area contributed by atoms with Crippen LogP contribution in [0.5, 0.6) is 11.5 Å². The Morgan fingerprint density at radius 1 is 1.14 bits per heavy atom. The number of amides is 1. The van der Waals surface area contributed by atoms with Crippen molar-refractivity contribution in [3.8, 4) is 22.8 Å². The first-order valence-electron chi connectivity index (χ1n) is 8.95. The van der Waals surface area contributed by atoms with E-state index in [-0.39, 0.29) is 6.79 Å². The van der Waals surface area contributed by atoms with Crippen molar-refractivity contribution in [2.24, 2.45) is 0 Å². The first-order chi connectivity index (χ1) is 14.0. The summed E-state index contributed by atoms with van der Waals surface area (Å²) in [6.07, 6.45) is -0.987. The molecule has 0 bridgehead atoms. The second kappa shape index (κ2) is 7.92. The summed E-state index contributed by atoms with van der Waals surface area (Å²) in [5.41, 5.74) is 1.91. The number of carbonyl (C=O) groups excluding carboxylic acids is 2. The number of aryl methyl sites for hydroxylation is 1. The Labute approximate surface area is 171 Å². The Hall–Kier alpha value is -3.39. The third-order valence-electron chi connectivity index (χ3n) is 4.26. The van der Waals surface area contributed by atoms with Crippen LogP contribution in [-0.4, -0.2) is 29.8 Å². The predicted molar refractivity (Wildman–Crippen MR) is 108 cm³/mol. The van der Waals surface area contributed by atoms with E-state index in [2.05, 4.69) is 10.3 Å². The highest BCUT2D eigenvalue weighted by Crippen LogP contribution is 2.34. The van der Waals surface area contributed by atoms with E-state index in [1.807, 2.05) is 37.3 Å². The number of anilines is 1. The first-order valence-corrected chi connectivity index (χ1v) is 9.77. The molecule has 0 saturated heterocycles. The van der Waals surface area contributed by atoms with Gasteiger partial charge in [-0.25, -0.2) is 9.78 Å². The van der Waals surface area contributed by atoms with E-state index in [0.717, 1.165) is 10.6 Å². The number of carbonyl (C=O) groups is 2. The third kappa shape index (κ3) is 4.07. The number of hydrogen-bond donors (Lipinski definition) is 1. The number of esters is 1. The van der Waals surface area contributed by atoms with Crippen LogP contribution in [0.4, 0.5) is 5.69 Å². The molecule has 0 fully saturated rings. The minimum Gasteiger partial charge on any atom is -0.454 e. The van der Waals surface area contributed by atoms with Gasteiger partial charge in [-0.15, -0.1) is 11.3 Å². The average molecular weight is 410 g/mol. The van der Waals surface area contributed by atoms with Crippen LogP contribution in [0.2, 0.25) is 0 Å². The van der Waals surface area contributed by atoms with Gasteiger partial charge in [-0.2, -0.15) is 0 Å². The van der Waals surface area contributed by atoms with Gasteiger partial charge in [0.1, 0.15) is 4.88 Å². The van der Waals surface area contributed by atoms with E-state index in [4.69, 9.17) is 14.2 Å². The Morgan fingerprint density at radius 2 is 1.90 bits per heavy atom. The van der Waals surface area contributed by atoms with E-state index < -0.39 is 18.0 Å². The lowest BCUT2D eigenvalue weighted by Crippen LogP contribution is -2.29. The van der Waals surface area contributed by atoms with Crippen LogP contribution >= 0.6 is 11.3 Å². The lowest BCUT2D eigenvalue weighted by atomic mass is 10.1. The highest BCUT2D eigenvalue weighted by molar-refractivity contribution is 7.14. The molecule has 1 aliphatic heterocycles.